The molecule has 0 unspecified atom stereocenters. The summed E-state index contributed by atoms with van der Waals surface area (Å²) >= 11 is 0. The Bertz CT molecular complexity index is 483. The van der Waals surface area contributed by atoms with Gasteiger partial charge in [-0.25, -0.2) is 0 Å². The average Bonchev–Trinajstić information content (AvgIpc) is 2.76. The Hall–Kier alpha value is 0.0569. The van der Waals surface area contributed by atoms with Gasteiger partial charge >= 0.3 is 0 Å². The van der Waals surface area contributed by atoms with Crippen LogP contribution in [-0.2, 0) is 13.9 Å². The summed E-state index contributed by atoms with van der Waals surface area (Å²) in [7, 11) is -1.88. The van der Waals surface area contributed by atoms with Crippen LogP contribution < -0.4 is 0 Å². The first-order valence-corrected chi connectivity index (χ1v) is 14.0. The maximum absolute atomic E-state index is 11.7. The second kappa shape index (κ2) is 9.05. The van der Waals surface area contributed by atoms with E-state index in [4.69, 9.17) is 13.9 Å². The predicted molar refractivity (Wildman–Crippen MR) is 120 cm³/mol. The van der Waals surface area contributed by atoms with Gasteiger partial charge in [0.15, 0.2) is 14.1 Å². The molecule has 168 valence electrons. The molecule has 1 aliphatic rings. The topological polar surface area (TPSA) is 47.9 Å². The molecule has 0 aromatic carbocycles. The van der Waals surface area contributed by atoms with Gasteiger partial charge in [0.2, 0.25) is 0 Å². The van der Waals surface area contributed by atoms with Crippen LogP contribution in [0.25, 0.3) is 0 Å². The molecule has 0 aromatic heterocycles. The molecular weight excluding hydrogens is 368 g/mol. The van der Waals surface area contributed by atoms with Gasteiger partial charge in [0.05, 0.1) is 18.3 Å². The monoisotopic (exact) mass is 416 g/mol. The zero-order valence-electron chi connectivity index (χ0n) is 20.7. The Balaban J connectivity index is 3.05. The Morgan fingerprint density at radius 1 is 0.964 bits per heavy atom. The molecule has 1 heterocycles. The molecular formula is C23H48O4Si. The van der Waals surface area contributed by atoms with Gasteiger partial charge in [-0.15, -0.1) is 0 Å². The zero-order chi connectivity index (χ0) is 22.1. The highest BCUT2D eigenvalue weighted by atomic mass is 28.4. The quantitative estimate of drug-likeness (QED) is 0.469. The summed E-state index contributed by atoms with van der Waals surface area (Å²) in [5.41, 5.74) is -0.772. The zero-order valence-corrected chi connectivity index (χ0v) is 21.7. The van der Waals surface area contributed by atoms with Crippen molar-refractivity contribution < 1.29 is 19.0 Å². The predicted octanol–water partition coefficient (Wildman–Crippen LogP) is 5.99. The smallest absolute Gasteiger partial charge is 0.192 e. The molecule has 0 amide bonds. The minimum absolute atomic E-state index is 0.0351. The molecule has 0 spiro atoms. The lowest BCUT2D eigenvalue weighted by Crippen LogP contribution is -2.50. The van der Waals surface area contributed by atoms with E-state index in [0.29, 0.717) is 18.4 Å². The largest absolute Gasteiger partial charge is 0.414 e. The van der Waals surface area contributed by atoms with Crippen molar-refractivity contribution in [3.63, 3.8) is 0 Å². The van der Waals surface area contributed by atoms with Crippen LogP contribution in [0.2, 0.25) is 18.1 Å². The fourth-order valence-electron chi connectivity index (χ4n) is 4.10. The van der Waals surface area contributed by atoms with Crippen molar-refractivity contribution in [2.75, 3.05) is 6.61 Å². The fourth-order valence-corrected chi connectivity index (χ4v) is 5.11. The van der Waals surface area contributed by atoms with E-state index in [1.165, 1.54) is 0 Å². The Labute approximate surface area is 175 Å². The third kappa shape index (κ3) is 6.80. The molecule has 5 heteroatoms. The van der Waals surface area contributed by atoms with E-state index in [1.807, 2.05) is 13.8 Å². The van der Waals surface area contributed by atoms with Crippen molar-refractivity contribution in [3.05, 3.63) is 0 Å². The molecule has 1 rings (SSSR count). The van der Waals surface area contributed by atoms with Crippen LogP contribution in [0.5, 0.6) is 0 Å². The lowest BCUT2D eigenvalue weighted by Gasteiger charge is -2.41. The van der Waals surface area contributed by atoms with Crippen molar-refractivity contribution >= 4 is 8.32 Å². The minimum atomic E-state index is -1.88. The maximum atomic E-state index is 11.7. The Morgan fingerprint density at radius 2 is 1.43 bits per heavy atom. The summed E-state index contributed by atoms with van der Waals surface area (Å²) in [4.78, 5) is 0. The molecule has 0 aromatic rings. The van der Waals surface area contributed by atoms with Gasteiger partial charge in [-0.1, -0.05) is 55.4 Å². The van der Waals surface area contributed by atoms with E-state index < -0.39 is 19.7 Å². The van der Waals surface area contributed by atoms with Crippen molar-refractivity contribution in [1.82, 2.24) is 0 Å². The van der Waals surface area contributed by atoms with Crippen molar-refractivity contribution in [2.24, 2.45) is 17.8 Å². The van der Waals surface area contributed by atoms with Crippen molar-refractivity contribution in [3.8, 4) is 0 Å². The van der Waals surface area contributed by atoms with Gasteiger partial charge in [0.1, 0.15) is 6.10 Å². The van der Waals surface area contributed by atoms with E-state index in [0.717, 1.165) is 12.8 Å². The van der Waals surface area contributed by atoms with Crippen LogP contribution in [0, 0.1) is 17.8 Å². The van der Waals surface area contributed by atoms with E-state index in [9.17, 15) is 5.11 Å². The molecule has 28 heavy (non-hydrogen) atoms. The van der Waals surface area contributed by atoms with Gasteiger partial charge in [0.25, 0.3) is 0 Å². The fraction of sp³-hybridized carbons (Fsp3) is 1.00. The summed E-state index contributed by atoms with van der Waals surface area (Å²) in [5, 5.41) is 11.8. The number of ether oxygens (including phenoxy) is 2. The summed E-state index contributed by atoms with van der Waals surface area (Å²) in [6, 6.07) is 0. The lowest BCUT2D eigenvalue weighted by atomic mass is 9.73. The molecule has 0 aliphatic carbocycles. The molecule has 1 aliphatic heterocycles. The average molecular weight is 417 g/mol. The molecule has 0 radical (unpaired) electrons. The highest BCUT2D eigenvalue weighted by molar-refractivity contribution is 6.74. The molecule has 0 saturated carbocycles. The van der Waals surface area contributed by atoms with Gasteiger partial charge in [0, 0.05) is 5.92 Å². The van der Waals surface area contributed by atoms with Crippen molar-refractivity contribution in [1.29, 1.82) is 0 Å². The van der Waals surface area contributed by atoms with Gasteiger partial charge in [-0.05, 0) is 56.7 Å². The SMILES string of the molecule is CC(C)CC(O)(CC(C)C)[C@H](C)[C@H]1OC(C)(C)O[C@H]1CO[Si](C)(C)C(C)(C)C. The highest BCUT2D eigenvalue weighted by Crippen LogP contribution is 2.42. The summed E-state index contributed by atoms with van der Waals surface area (Å²) in [6.07, 6.45) is 1.19. The standard InChI is InChI=1S/C23H48O4Si/c1-16(2)13-23(24,14-17(3)4)18(5)20-19(26-22(9,10)27-20)15-25-28(11,12)21(6,7)8/h16-20,24H,13-15H2,1-12H3/t18-,19+,20-/m1/s1. The first-order chi connectivity index (χ1) is 12.4. The molecule has 3 atom stereocenters. The van der Waals surface area contributed by atoms with E-state index in [1.54, 1.807) is 0 Å². The van der Waals surface area contributed by atoms with E-state index in [2.05, 4.69) is 68.5 Å². The van der Waals surface area contributed by atoms with Crippen LogP contribution in [0.1, 0.15) is 82.1 Å². The lowest BCUT2D eigenvalue weighted by molar-refractivity contribution is -0.164. The molecule has 1 fully saturated rings. The van der Waals surface area contributed by atoms with Gasteiger partial charge in [-0.2, -0.15) is 0 Å². The first-order valence-electron chi connectivity index (χ1n) is 11.1. The number of aliphatic hydroxyl groups is 1. The van der Waals surface area contributed by atoms with Crippen LogP contribution in [0.3, 0.4) is 0 Å². The van der Waals surface area contributed by atoms with Gasteiger partial charge in [-0.3, -0.25) is 0 Å². The molecule has 0 bridgehead atoms. The number of rotatable bonds is 9. The number of hydrogen-bond donors (Lipinski definition) is 1. The van der Waals surface area contributed by atoms with Crippen LogP contribution in [-0.4, -0.2) is 43.6 Å². The molecule has 1 saturated heterocycles. The third-order valence-electron chi connectivity index (χ3n) is 6.50. The first kappa shape index (κ1) is 26.1. The third-order valence-corrected chi connectivity index (χ3v) is 11.0. The Morgan fingerprint density at radius 3 is 1.82 bits per heavy atom. The summed E-state index contributed by atoms with van der Waals surface area (Å²) in [5.74, 6) is 0.149. The summed E-state index contributed by atoms with van der Waals surface area (Å²) < 4.78 is 19.1. The van der Waals surface area contributed by atoms with E-state index in [-0.39, 0.29) is 23.2 Å². The van der Waals surface area contributed by atoms with Gasteiger partial charge < -0.3 is 19.0 Å². The van der Waals surface area contributed by atoms with E-state index >= 15 is 0 Å². The molecule has 4 nitrogen and oxygen atoms in total. The second-order valence-electron chi connectivity index (χ2n) is 11.8. The highest BCUT2D eigenvalue weighted by Gasteiger charge is 2.51. The van der Waals surface area contributed by atoms with Crippen LogP contribution in [0.15, 0.2) is 0 Å². The molecule has 1 N–H and O–H groups in total. The minimum Gasteiger partial charge on any atom is -0.414 e. The second-order valence-corrected chi connectivity index (χ2v) is 16.6. The number of hydrogen-bond acceptors (Lipinski definition) is 4. The van der Waals surface area contributed by atoms with Crippen LogP contribution in [0.4, 0.5) is 0 Å². The summed E-state index contributed by atoms with van der Waals surface area (Å²) in [6.45, 7) is 26.5. The Kier molecular flexibility index (Phi) is 8.43. The maximum Gasteiger partial charge on any atom is 0.192 e. The normalized spacial score (nSPS) is 25.0. The van der Waals surface area contributed by atoms with Crippen molar-refractivity contribution in [2.45, 2.75) is 124 Å². The van der Waals surface area contributed by atoms with Crippen LogP contribution >= 0.6 is 0 Å².